The first-order chi connectivity index (χ1) is 12.5. The highest BCUT2D eigenvalue weighted by Crippen LogP contribution is 2.20. The molecule has 1 aliphatic heterocycles. The summed E-state index contributed by atoms with van der Waals surface area (Å²) in [5.41, 5.74) is 1.35. The van der Waals surface area contributed by atoms with E-state index in [1.54, 1.807) is 7.05 Å². The molecule has 0 aromatic carbocycles. The Labute approximate surface area is 150 Å². The van der Waals surface area contributed by atoms with Gasteiger partial charge in [-0.05, 0) is 26.2 Å². The molecule has 1 saturated heterocycles. The highest BCUT2D eigenvalue weighted by atomic mass is 16.5. The molecule has 0 radical (unpaired) electrons. The van der Waals surface area contributed by atoms with Gasteiger partial charge in [0.25, 0.3) is 5.56 Å². The zero-order chi connectivity index (χ0) is 18.4. The van der Waals surface area contributed by atoms with Crippen molar-refractivity contribution in [1.29, 1.82) is 0 Å². The monoisotopic (exact) mass is 359 g/mol. The van der Waals surface area contributed by atoms with Crippen LogP contribution in [0, 0.1) is 6.92 Å². The van der Waals surface area contributed by atoms with Crippen molar-refractivity contribution in [1.82, 2.24) is 23.1 Å². The van der Waals surface area contributed by atoms with Crippen LogP contribution in [0.2, 0.25) is 0 Å². The van der Waals surface area contributed by atoms with Crippen LogP contribution in [0.1, 0.15) is 38.3 Å². The van der Waals surface area contributed by atoms with E-state index in [2.05, 4.69) is 9.55 Å². The number of aryl methyl sites for hydroxylation is 2. The van der Waals surface area contributed by atoms with E-state index >= 15 is 0 Å². The minimum atomic E-state index is -0.306. The number of aromatic nitrogens is 5. The topological polar surface area (TPSA) is 75.5 Å². The van der Waals surface area contributed by atoms with Crippen LogP contribution in [0.15, 0.2) is 15.8 Å². The summed E-state index contributed by atoms with van der Waals surface area (Å²) in [5, 5.41) is 0. The zero-order valence-electron chi connectivity index (χ0n) is 15.6. The van der Waals surface area contributed by atoms with Gasteiger partial charge in [-0.2, -0.15) is 4.98 Å². The minimum absolute atomic E-state index is 0.176. The van der Waals surface area contributed by atoms with Crippen LogP contribution in [0.5, 0.6) is 0 Å². The van der Waals surface area contributed by atoms with Gasteiger partial charge in [-0.15, -0.1) is 0 Å². The molecule has 0 bridgehead atoms. The fourth-order valence-corrected chi connectivity index (χ4v) is 3.79. The Kier molecular flexibility index (Phi) is 4.22. The van der Waals surface area contributed by atoms with E-state index in [0.717, 1.165) is 38.0 Å². The lowest BCUT2D eigenvalue weighted by atomic mass is 10.2. The lowest BCUT2D eigenvalue weighted by Gasteiger charge is -2.11. The molecule has 8 heteroatoms. The first-order valence-corrected chi connectivity index (χ1v) is 9.32. The third kappa shape index (κ3) is 2.51. The summed E-state index contributed by atoms with van der Waals surface area (Å²) < 4.78 is 12.5. The predicted octanol–water partition coefficient (Wildman–Crippen LogP) is 1.44. The number of hydrogen-bond donors (Lipinski definition) is 0. The lowest BCUT2D eigenvalue weighted by Crippen LogP contribution is -2.39. The van der Waals surface area contributed by atoms with Gasteiger partial charge in [0.15, 0.2) is 11.2 Å². The Balaban J connectivity index is 1.93. The Morgan fingerprint density at radius 1 is 1.31 bits per heavy atom. The van der Waals surface area contributed by atoms with E-state index in [1.807, 2.05) is 24.4 Å². The molecule has 8 nitrogen and oxygen atoms in total. The normalized spacial score (nSPS) is 17.7. The van der Waals surface area contributed by atoms with Gasteiger partial charge in [-0.3, -0.25) is 18.3 Å². The third-order valence-electron chi connectivity index (χ3n) is 5.29. The van der Waals surface area contributed by atoms with Crippen molar-refractivity contribution >= 4 is 16.9 Å². The number of ether oxygens (including phenoxy) is 1. The van der Waals surface area contributed by atoms with Crippen molar-refractivity contribution in [2.75, 3.05) is 6.61 Å². The maximum absolute atomic E-state index is 13.0. The molecule has 26 heavy (non-hydrogen) atoms. The van der Waals surface area contributed by atoms with Crippen molar-refractivity contribution in [2.45, 2.75) is 58.7 Å². The molecular formula is C18H25N5O3. The second-order valence-electron chi connectivity index (χ2n) is 7.12. The van der Waals surface area contributed by atoms with Crippen LogP contribution < -0.4 is 11.2 Å². The van der Waals surface area contributed by atoms with Gasteiger partial charge < -0.3 is 9.30 Å². The molecule has 3 aromatic rings. The van der Waals surface area contributed by atoms with Crippen molar-refractivity contribution in [3.05, 3.63) is 32.7 Å². The van der Waals surface area contributed by atoms with Gasteiger partial charge in [0.2, 0.25) is 5.78 Å². The summed E-state index contributed by atoms with van der Waals surface area (Å²) in [7, 11) is 1.68. The van der Waals surface area contributed by atoms with Crippen LogP contribution in [0.3, 0.4) is 0 Å². The summed E-state index contributed by atoms with van der Waals surface area (Å²) in [4.78, 5) is 30.2. The number of fused-ring (bicyclic) bond motifs is 3. The smallest absolute Gasteiger partial charge is 0.332 e. The fraction of sp³-hybridized carbons (Fsp3) is 0.611. The first-order valence-electron chi connectivity index (χ1n) is 9.32. The van der Waals surface area contributed by atoms with Crippen molar-refractivity contribution in [3.63, 3.8) is 0 Å². The van der Waals surface area contributed by atoms with Crippen molar-refractivity contribution in [3.8, 4) is 0 Å². The minimum Gasteiger partial charge on any atom is -0.376 e. The van der Waals surface area contributed by atoms with E-state index < -0.39 is 0 Å². The zero-order valence-corrected chi connectivity index (χ0v) is 15.6. The number of nitrogens with zero attached hydrogens (tertiary/aromatic N) is 5. The molecule has 0 spiro atoms. The number of rotatable bonds is 5. The Bertz CT molecular complexity index is 1080. The van der Waals surface area contributed by atoms with Crippen molar-refractivity contribution in [2.24, 2.45) is 7.05 Å². The summed E-state index contributed by atoms with van der Waals surface area (Å²) >= 11 is 0. The predicted molar refractivity (Wildman–Crippen MR) is 98.8 cm³/mol. The molecule has 0 saturated carbocycles. The van der Waals surface area contributed by atoms with Crippen LogP contribution in [-0.4, -0.2) is 35.8 Å². The van der Waals surface area contributed by atoms with E-state index in [4.69, 9.17) is 4.74 Å². The van der Waals surface area contributed by atoms with Crippen LogP contribution in [0.4, 0.5) is 0 Å². The van der Waals surface area contributed by atoms with E-state index in [9.17, 15) is 9.59 Å². The third-order valence-corrected chi connectivity index (χ3v) is 5.29. The van der Waals surface area contributed by atoms with Gasteiger partial charge in [-0.25, -0.2) is 4.79 Å². The number of imidazole rings is 2. The molecule has 4 rings (SSSR count). The average Bonchev–Trinajstić information content (AvgIpc) is 3.31. The van der Waals surface area contributed by atoms with E-state index in [-0.39, 0.29) is 17.4 Å². The van der Waals surface area contributed by atoms with Gasteiger partial charge in [-0.1, -0.05) is 13.3 Å². The largest absolute Gasteiger partial charge is 0.376 e. The Morgan fingerprint density at radius 2 is 2.12 bits per heavy atom. The maximum Gasteiger partial charge on any atom is 0.332 e. The lowest BCUT2D eigenvalue weighted by molar-refractivity contribution is 0.0974. The SMILES string of the molecule is CCCCn1c(=O)c2c(nc3n(C[C@@H]4CCCO4)c(C)cn23)n(C)c1=O. The average molecular weight is 359 g/mol. The Morgan fingerprint density at radius 3 is 2.81 bits per heavy atom. The van der Waals surface area contributed by atoms with Gasteiger partial charge in [0, 0.05) is 32.1 Å². The maximum atomic E-state index is 13.0. The second-order valence-corrected chi connectivity index (χ2v) is 7.12. The summed E-state index contributed by atoms with van der Waals surface area (Å²) in [6, 6.07) is 0. The number of hydrogen-bond acceptors (Lipinski definition) is 4. The molecule has 0 amide bonds. The van der Waals surface area contributed by atoms with Crippen molar-refractivity contribution < 1.29 is 4.74 Å². The second kappa shape index (κ2) is 6.42. The quantitative estimate of drug-likeness (QED) is 0.691. The van der Waals surface area contributed by atoms with Crippen LogP contribution in [0.25, 0.3) is 16.9 Å². The number of unbranched alkanes of at least 4 members (excludes halogenated alkanes) is 1. The molecule has 1 fully saturated rings. The van der Waals surface area contributed by atoms with Crippen LogP contribution >= 0.6 is 0 Å². The summed E-state index contributed by atoms with van der Waals surface area (Å²) in [6.07, 6.45) is 5.93. The van der Waals surface area contributed by atoms with E-state index in [1.165, 1.54) is 9.13 Å². The standard InChI is InChI=1S/C18H25N5O3/c1-4-5-8-21-16(24)14-15(20(3)18(21)25)19-17-22(12(2)10-23(14)17)11-13-7-6-9-26-13/h10,13H,4-9,11H2,1-3H3/t13-/m0/s1. The summed E-state index contributed by atoms with van der Waals surface area (Å²) in [6.45, 7) is 5.99. The fourth-order valence-electron chi connectivity index (χ4n) is 3.79. The highest BCUT2D eigenvalue weighted by molar-refractivity contribution is 5.75. The molecule has 0 N–H and O–H groups in total. The first kappa shape index (κ1) is 17.1. The Hall–Kier alpha value is -2.35. The molecular weight excluding hydrogens is 334 g/mol. The van der Waals surface area contributed by atoms with Gasteiger partial charge in [0.05, 0.1) is 12.6 Å². The molecule has 4 heterocycles. The molecule has 0 aliphatic carbocycles. The molecule has 3 aromatic heterocycles. The highest BCUT2D eigenvalue weighted by Gasteiger charge is 2.22. The van der Waals surface area contributed by atoms with E-state index in [0.29, 0.717) is 30.0 Å². The molecule has 140 valence electrons. The molecule has 0 unspecified atom stereocenters. The molecule has 1 atom stereocenters. The van der Waals surface area contributed by atoms with Gasteiger partial charge in [0.1, 0.15) is 0 Å². The van der Waals surface area contributed by atoms with Gasteiger partial charge >= 0.3 is 5.69 Å². The van der Waals surface area contributed by atoms with Crippen LogP contribution in [-0.2, 0) is 24.9 Å². The molecule has 1 aliphatic rings. The summed E-state index contributed by atoms with van der Waals surface area (Å²) in [5.74, 6) is 0.688.